The molecule has 3 aromatic rings. The minimum atomic E-state index is -3.71. The summed E-state index contributed by atoms with van der Waals surface area (Å²) in [4.78, 5) is 13.6. The minimum Gasteiger partial charge on any atom is -0.497 e. The number of hydrogen-bond donors (Lipinski definition) is 2. The summed E-state index contributed by atoms with van der Waals surface area (Å²) in [7, 11) is -2.17. The monoisotopic (exact) mass is 334 g/mol. The standard InChI is InChI=1S/C15H14N2O5S/c1-21-11-4-2-3-10(7-11)9-16-23(19,20)12-5-6-14-13(8-12)17-15(18)22-14/h2-8,16H,9H2,1H3,(H,17,18). The van der Waals surface area contributed by atoms with Crippen LogP contribution in [0.25, 0.3) is 11.1 Å². The Bertz CT molecular complexity index is 1000. The number of oxazole rings is 1. The van der Waals surface area contributed by atoms with Crippen LogP contribution in [0.3, 0.4) is 0 Å². The van der Waals surface area contributed by atoms with Crippen molar-refractivity contribution in [2.75, 3.05) is 7.11 Å². The second-order valence-corrected chi connectivity index (χ2v) is 6.62. The number of ether oxygens (including phenoxy) is 1. The van der Waals surface area contributed by atoms with Crippen molar-refractivity contribution in [1.29, 1.82) is 0 Å². The quantitative estimate of drug-likeness (QED) is 0.738. The van der Waals surface area contributed by atoms with Gasteiger partial charge in [-0.1, -0.05) is 12.1 Å². The van der Waals surface area contributed by atoms with Gasteiger partial charge in [-0.15, -0.1) is 0 Å². The van der Waals surface area contributed by atoms with E-state index in [2.05, 4.69) is 9.71 Å². The first-order chi connectivity index (χ1) is 11.0. The van der Waals surface area contributed by atoms with Crippen LogP contribution in [-0.4, -0.2) is 20.5 Å². The first-order valence-corrected chi connectivity index (χ1v) is 8.22. The molecule has 2 aromatic carbocycles. The van der Waals surface area contributed by atoms with E-state index in [0.29, 0.717) is 16.8 Å². The maximum absolute atomic E-state index is 12.3. The molecule has 7 nitrogen and oxygen atoms in total. The number of aromatic amines is 1. The van der Waals surface area contributed by atoms with E-state index in [1.54, 1.807) is 31.4 Å². The van der Waals surface area contributed by atoms with Crippen LogP contribution < -0.4 is 15.2 Å². The molecule has 1 heterocycles. The molecular formula is C15H14N2O5S. The van der Waals surface area contributed by atoms with Gasteiger partial charge >= 0.3 is 5.76 Å². The average Bonchev–Trinajstić information content (AvgIpc) is 2.92. The van der Waals surface area contributed by atoms with Crippen molar-refractivity contribution >= 4 is 21.1 Å². The van der Waals surface area contributed by atoms with E-state index in [-0.39, 0.29) is 11.4 Å². The molecule has 2 N–H and O–H groups in total. The molecule has 0 aliphatic carbocycles. The summed E-state index contributed by atoms with van der Waals surface area (Å²) in [5, 5.41) is 0. The topological polar surface area (TPSA) is 101 Å². The number of sulfonamides is 1. The summed E-state index contributed by atoms with van der Waals surface area (Å²) < 4.78 is 37.2. The van der Waals surface area contributed by atoms with Gasteiger partial charge in [0.25, 0.3) is 0 Å². The molecular weight excluding hydrogens is 320 g/mol. The molecule has 0 saturated carbocycles. The van der Waals surface area contributed by atoms with E-state index in [0.717, 1.165) is 5.56 Å². The SMILES string of the molecule is COc1cccc(CNS(=O)(=O)c2ccc3oc(=O)[nH]c3c2)c1. The van der Waals surface area contributed by atoms with E-state index in [1.165, 1.54) is 18.2 Å². The Hall–Kier alpha value is -2.58. The minimum absolute atomic E-state index is 0.0462. The molecule has 0 radical (unpaired) electrons. The lowest BCUT2D eigenvalue weighted by Gasteiger charge is -2.08. The summed E-state index contributed by atoms with van der Waals surface area (Å²) in [5.41, 5.74) is 1.41. The van der Waals surface area contributed by atoms with Crippen molar-refractivity contribution in [3.63, 3.8) is 0 Å². The Kier molecular flexibility index (Phi) is 3.93. The highest BCUT2D eigenvalue weighted by Crippen LogP contribution is 2.17. The van der Waals surface area contributed by atoms with Crippen LogP contribution in [0.1, 0.15) is 5.56 Å². The number of nitrogens with one attached hydrogen (secondary N) is 2. The van der Waals surface area contributed by atoms with Crippen LogP contribution in [0.5, 0.6) is 5.75 Å². The lowest BCUT2D eigenvalue weighted by molar-refractivity contribution is 0.414. The fourth-order valence-electron chi connectivity index (χ4n) is 2.14. The zero-order valence-corrected chi connectivity index (χ0v) is 13.0. The lowest BCUT2D eigenvalue weighted by Crippen LogP contribution is -2.23. The lowest BCUT2D eigenvalue weighted by atomic mass is 10.2. The zero-order valence-electron chi connectivity index (χ0n) is 12.2. The summed E-state index contributed by atoms with van der Waals surface area (Å²) in [6.45, 7) is 0.124. The summed E-state index contributed by atoms with van der Waals surface area (Å²) in [6.07, 6.45) is 0. The van der Waals surface area contributed by atoms with Crippen LogP contribution in [0.4, 0.5) is 0 Å². The Morgan fingerprint density at radius 3 is 2.83 bits per heavy atom. The van der Waals surface area contributed by atoms with Crippen molar-refractivity contribution < 1.29 is 17.6 Å². The molecule has 0 fully saturated rings. The average molecular weight is 334 g/mol. The molecule has 23 heavy (non-hydrogen) atoms. The normalized spacial score (nSPS) is 11.7. The third-order valence-electron chi connectivity index (χ3n) is 3.30. The number of benzene rings is 2. The molecule has 0 spiro atoms. The predicted octanol–water partition coefficient (Wildman–Crippen LogP) is 1.61. The Labute approximate surface area is 131 Å². The summed E-state index contributed by atoms with van der Waals surface area (Å²) in [5.74, 6) is 0.0259. The third-order valence-corrected chi connectivity index (χ3v) is 4.70. The van der Waals surface area contributed by atoms with Crippen molar-refractivity contribution in [1.82, 2.24) is 9.71 Å². The first kappa shape index (κ1) is 15.3. The van der Waals surface area contributed by atoms with Gasteiger partial charge in [-0.2, -0.15) is 0 Å². The zero-order chi connectivity index (χ0) is 16.4. The fraction of sp³-hybridized carbons (Fsp3) is 0.133. The van der Waals surface area contributed by atoms with E-state index in [1.807, 2.05) is 0 Å². The largest absolute Gasteiger partial charge is 0.497 e. The van der Waals surface area contributed by atoms with Crippen LogP contribution in [0.15, 0.2) is 56.6 Å². The van der Waals surface area contributed by atoms with E-state index in [4.69, 9.17) is 9.15 Å². The van der Waals surface area contributed by atoms with E-state index in [9.17, 15) is 13.2 Å². The molecule has 120 valence electrons. The smallest absolute Gasteiger partial charge is 0.417 e. The number of rotatable bonds is 5. The Morgan fingerprint density at radius 2 is 2.04 bits per heavy atom. The predicted molar refractivity (Wildman–Crippen MR) is 83.9 cm³/mol. The van der Waals surface area contributed by atoms with Gasteiger partial charge in [0.05, 0.1) is 17.5 Å². The second-order valence-electron chi connectivity index (χ2n) is 4.85. The highest BCUT2D eigenvalue weighted by atomic mass is 32.2. The third kappa shape index (κ3) is 3.27. The number of methoxy groups -OCH3 is 1. The van der Waals surface area contributed by atoms with Gasteiger partial charge in [-0.05, 0) is 35.9 Å². The number of hydrogen-bond acceptors (Lipinski definition) is 5. The molecule has 0 atom stereocenters. The number of aromatic nitrogens is 1. The Balaban J connectivity index is 1.83. The maximum atomic E-state index is 12.3. The maximum Gasteiger partial charge on any atom is 0.417 e. The summed E-state index contributed by atoms with van der Waals surface area (Å²) >= 11 is 0. The van der Waals surface area contributed by atoms with Gasteiger partial charge in [0.2, 0.25) is 10.0 Å². The van der Waals surface area contributed by atoms with E-state index < -0.39 is 15.8 Å². The van der Waals surface area contributed by atoms with Gasteiger partial charge in [0, 0.05) is 6.54 Å². The number of H-pyrrole nitrogens is 1. The molecule has 1 aromatic heterocycles. The summed E-state index contributed by atoms with van der Waals surface area (Å²) in [6, 6.07) is 11.3. The first-order valence-electron chi connectivity index (χ1n) is 6.73. The molecule has 0 aliphatic rings. The van der Waals surface area contributed by atoms with Crippen LogP contribution in [0.2, 0.25) is 0 Å². The van der Waals surface area contributed by atoms with Crippen molar-refractivity contribution in [3.8, 4) is 5.75 Å². The van der Waals surface area contributed by atoms with Gasteiger partial charge < -0.3 is 9.15 Å². The van der Waals surface area contributed by atoms with Crippen LogP contribution >= 0.6 is 0 Å². The fourth-order valence-corrected chi connectivity index (χ4v) is 3.19. The number of fused-ring (bicyclic) bond motifs is 1. The van der Waals surface area contributed by atoms with Crippen LogP contribution in [0, 0.1) is 0 Å². The van der Waals surface area contributed by atoms with Crippen molar-refractivity contribution in [2.45, 2.75) is 11.4 Å². The second kappa shape index (κ2) is 5.90. The van der Waals surface area contributed by atoms with Crippen molar-refractivity contribution in [2.24, 2.45) is 0 Å². The van der Waals surface area contributed by atoms with Gasteiger partial charge in [0.15, 0.2) is 5.58 Å². The highest BCUT2D eigenvalue weighted by molar-refractivity contribution is 7.89. The van der Waals surface area contributed by atoms with Gasteiger partial charge in [-0.3, -0.25) is 4.98 Å². The van der Waals surface area contributed by atoms with Crippen molar-refractivity contribution in [3.05, 3.63) is 58.6 Å². The molecule has 0 bridgehead atoms. The van der Waals surface area contributed by atoms with Gasteiger partial charge in [-0.25, -0.2) is 17.9 Å². The molecule has 0 amide bonds. The molecule has 0 saturated heterocycles. The highest BCUT2D eigenvalue weighted by Gasteiger charge is 2.15. The van der Waals surface area contributed by atoms with Crippen LogP contribution in [-0.2, 0) is 16.6 Å². The molecule has 8 heteroatoms. The molecule has 0 aliphatic heterocycles. The Morgan fingerprint density at radius 1 is 1.22 bits per heavy atom. The van der Waals surface area contributed by atoms with Gasteiger partial charge in [0.1, 0.15) is 5.75 Å². The van der Waals surface area contributed by atoms with E-state index >= 15 is 0 Å². The molecule has 0 unspecified atom stereocenters. The molecule has 3 rings (SSSR count).